The molecule has 0 aliphatic carbocycles. The normalized spacial score (nSPS) is 10.4. The second-order valence-electron chi connectivity index (χ2n) is 4.60. The monoisotopic (exact) mass is 288 g/mol. The van der Waals surface area contributed by atoms with Crippen molar-refractivity contribution in [3.63, 3.8) is 0 Å². The van der Waals surface area contributed by atoms with Gasteiger partial charge in [-0.3, -0.25) is 4.79 Å². The van der Waals surface area contributed by atoms with Crippen molar-refractivity contribution in [3.05, 3.63) is 40.7 Å². The average Bonchev–Trinajstić information content (AvgIpc) is 2.81. The Labute approximate surface area is 121 Å². The molecule has 0 bridgehead atoms. The number of nitrogens with zero attached hydrogens (tertiary/aromatic N) is 3. The van der Waals surface area contributed by atoms with E-state index in [1.165, 1.54) is 4.68 Å². The largest absolute Gasteiger partial charge is 0.476 e. The van der Waals surface area contributed by atoms with Gasteiger partial charge in [-0.2, -0.15) is 0 Å². The molecule has 0 saturated heterocycles. The van der Waals surface area contributed by atoms with Crippen molar-refractivity contribution >= 4 is 11.9 Å². The second-order valence-corrected chi connectivity index (χ2v) is 4.60. The number of aromatic nitrogens is 3. The van der Waals surface area contributed by atoms with Crippen molar-refractivity contribution in [1.82, 2.24) is 20.3 Å². The highest BCUT2D eigenvalue weighted by atomic mass is 16.4. The van der Waals surface area contributed by atoms with Crippen molar-refractivity contribution in [2.24, 2.45) is 0 Å². The van der Waals surface area contributed by atoms with Gasteiger partial charge in [-0.25, -0.2) is 9.48 Å². The summed E-state index contributed by atoms with van der Waals surface area (Å²) in [6, 6.07) is 5.14. The minimum absolute atomic E-state index is 0.0813. The van der Waals surface area contributed by atoms with Gasteiger partial charge in [0.15, 0.2) is 5.69 Å². The zero-order valence-electron chi connectivity index (χ0n) is 12.0. The Balaban J connectivity index is 2.42. The number of benzene rings is 1. The maximum Gasteiger partial charge on any atom is 0.358 e. The molecule has 7 heteroatoms. The van der Waals surface area contributed by atoms with Crippen molar-refractivity contribution in [3.8, 4) is 5.69 Å². The lowest BCUT2D eigenvalue weighted by Gasteiger charge is -2.09. The van der Waals surface area contributed by atoms with Gasteiger partial charge in [-0.05, 0) is 44.5 Å². The van der Waals surface area contributed by atoms with E-state index in [1.807, 2.05) is 13.8 Å². The Morgan fingerprint density at radius 2 is 2.05 bits per heavy atom. The number of hydrogen-bond donors (Lipinski definition) is 2. The number of carbonyl (C=O) groups is 2. The van der Waals surface area contributed by atoms with Crippen LogP contribution in [0.25, 0.3) is 5.69 Å². The molecule has 0 fully saturated rings. The maximum atomic E-state index is 11.8. The van der Waals surface area contributed by atoms with E-state index in [2.05, 4.69) is 15.6 Å². The molecule has 0 radical (unpaired) electrons. The molecule has 0 saturated carbocycles. The predicted molar refractivity (Wildman–Crippen MR) is 75.8 cm³/mol. The molecule has 2 rings (SSSR count). The summed E-state index contributed by atoms with van der Waals surface area (Å²) in [5, 5.41) is 19.2. The first-order chi connectivity index (χ1) is 9.95. The number of carbonyl (C=O) groups excluding carboxylic acids is 1. The summed E-state index contributed by atoms with van der Waals surface area (Å²) in [5.41, 5.74) is 2.41. The first-order valence-electron chi connectivity index (χ1n) is 6.50. The average molecular weight is 288 g/mol. The molecule has 1 amide bonds. The van der Waals surface area contributed by atoms with E-state index in [4.69, 9.17) is 5.11 Å². The van der Waals surface area contributed by atoms with E-state index < -0.39 is 5.97 Å². The van der Waals surface area contributed by atoms with Crippen LogP contribution < -0.4 is 5.32 Å². The lowest BCUT2D eigenvalue weighted by molar-refractivity contribution is 0.0689. The minimum atomic E-state index is -1.12. The smallest absolute Gasteiger partial charge is 0.358 e. The molecule has 0 spiro atoms. The van der Waals surface area contributed by atoms with Crippen LogP contribution in [0.15, 0.2) is 18.2 Å². The summed E-state index contributed by atoms with van der Waals surface area (Å²) in [6.45, 7) is 5.88. The third-order valence-electron chi connectivity index (χ3n) is 3.12. The summed E-state index contributed by atoms with van der Waals surface area (Å²) in [5.74, 6) is -1.26. The quantitative estimate of drug-likeness (QED) is 0.884. The van der Waals surface area contributed by atoms with E-state index in [9.17, 15) is 9.59 Å². The van der Waals surface area contributed by atoms with Crippen LogP contribution in [0.1, 0.15) is 39.0 Å². The molecule has 110 valence electrons. The molecule has 0 aliphatic heterocycles. The highest BCUT2D eigenvalue weighted by molar-refractivity contribution is 5.94. The van der Waals surface area contributed by atoms with Crippen molar-refractivity contribution in [2.75, 3.05) is 6.54 Å². The Morgan fingerprint density at radius 3 is 2.57 bits per heavy atom. The fourth-order valence-corrected chi connectivity index (χ4v) is 2.05. The number of carboxylic acids is 1. The summed E-state index contributed by atoms with van der Waals surface area (Å²) < 4.78 is 1.46. The van der Waals surface area contributed by atoms with Crippen molar-refractivity contribution in [2.45, 2.75) is 20.8 Å². The first-order valence-corrected chi connectivity index (χ1v) is 6.50. The van der Waals surface area contributed by atoms with Crippen molar-refractivity contribution < 1.29 is 14.7 Å². The SMILES string of the molecule is CCNC(=O)c1ccc(-n2nnc(C(=O)O)c2C)c(C)c1. The van der Waals surface area contributed by atoms with E-state index >= 15 is 0 Å². The molecule has 7 nitrogen and oxygen atoms in total. The number of hydrogen-bond acceptors (Lipinski definition) is 4. The fourth-order valence-electron chi connectivity index (χ4n) is 2.05. The Hall–Kier alpha value is -2.70. The Morgan fingerprint density at radius 1 is 1.33 bits per heavy atom. The number of carboxylic acid groups (broad SMARTS) is 1. The fraction of sp³-hybridized carbons (Fsp3) is 0.286. The number of nitrogens with one attached hydrogen (secondary N) is 1. The topological polar surface area (TPSA) is 97.1 Å². The van der Waals surface area contributed by atoms with E-state index in [0.29, 0.717) is 23.5 Å². The predicted octanol–water partition coefficient (Wildman–Crippen LogP) is 1.33. The van der Waals surface area contributed by atoms with Crippen LogP contribution in [-0.2, 0) is 0 Å². The number of rotatable bonds is 4. The van der Waals surface area contributed by atoms with Gasteiger partial charge in [-0.1, -0.05) is 5.21 Å². The highest BCUT2D eigenvalue weighted by Crippen LogP contribution is 2.18. The van der Waals surface area contributed by atoms with Crippen LogP contribution >= 0.6 is 0 Å². The van der Waals surface area contributed by atoms with E-state index in [0.717, 1.165) is 5.56 Å². The Bertz CT molecular complexity index is 706. The van der Waals surface area contributed by atoms with Crippen LogP contribution in [0.4, 0.5) is 0 Å². The van der Waals surface area contributed by atoms with Crippen LogP contribution in [0.2, 0.25) is 0 Å². The lowest BCUT2D eigenvalue weighted by Crippen LogP contribution is -2.22. The van der Waals surface area contributed by atoms with E-state index in [-0.39, 0.29) is 11.6 Å². The van der Waals surface area contributed by atoms with Gasteiger partial charge in [0.1, 0.15) is 0 Å². The molecule has 1 aromatic carbocycles. The van der Waals surface area contributed by atoms with Crippen LogP contribution in [-0.4, -0.2) is 38.5 Å². The van der Waals surface area contributed by atoms with E-state index in [1.54, 1.807) is 25.1 Å². The Kier molecular flexibility index (Phi) is 4.02. The summed E-state index contributed by atoms with van der Waals surface area (Å²) in [7, 11) is 0. The molecule has 0 atom stereocenters. The highest BCUT2D eigenvalue weighted by Gasteiger charge is 2.17. The van der Waals surface area contributed by atoms with Gasteiger partial charge in [0.2, 0.25) is 0 Å². The molecule has 0 unspecified atom stereocenters. The van der Waals surface area contributed by atoms with Gasteiger partial charge >= 0.3 is 5.97 Å². The molecule has 1 aromatic heterocycles. The van der Waals surface area contributed by atoms with Gasteiger partial charge in [0, 0.05) is 12.1 Å². The first kappa shape index (κ1) is 14.7. The molecule has 2 N–H and O–H groups in total. The lowest BCUT2D eigenvalue weighted by atomic mass is 10.1. The molecule has 21 heavy (non-hydrogen) atoms. The summed E-state index contributed by atoms with van der Waals surface area (Å²) in [4.78, 5) is 22.8. The van der Waals surface area contributed by atoms with Gasteiger partial charge in [-0.15, -0.1) is 5.10 Å². The van der Waals surface area contributed by atoms with Crippen LogP contribution in [0, 0.1) is 13.8 Å². The minimum Gasteiger partial charge on any atom is -0.476 e. The maximum absolute atomic E-state index is 11.8. The molecular weight excluding hydrogens is 272 g/mol. The van der Waals surface area contributed by atoms with Crippen LogP contribution in [0.5, 0.6) is 0 Å². The number of aryl methyl sites for hydroxylation is 1. The van der Waals surface area contributed by atoms with Gasteiger partial charge < -0.3 is 10.4 Å². The molecule has 1 heterocycles. The summed E-state index contributed by atoms with van der Waals surface area (Å²) >= 11 is 0. The number of aromatic carboxylic acids is 1. The standard InChI is InChI=1S/C14H16N4O3/c1-4-15-13(19)10-5-6-11(8(2)7-10)18-9(3)12(14(20)21)16-17-18/h5-7H,4H2,1-3H3,(H,15,19)(H,20,21). The molecular formula is C14H16N4O3. The second kappa shape index (κ2) is 5.74. The van der Waals surface area contributed by atoms with Crippen molar-refractivity contribution in [1.29, 1.82) is 0 Å². The third kappa shape index (κ3) is 2.76. The molecule has 0 aliphatic rings. The number of amides is 1. The van der Waals surface area contributed by atoms with Gasteiger partial charge in [0.25, 0.3) is 5.91 Å². The zero-order chi connectivity index (χ0) is 15.6. The summed E-state index contributed by atoms with van der Waals surface area (Å²) in [6.07, 6.45) is 0. The van der Waals surface area contributed by atoms with Gasteiger partial charge in [0.05, 0.1) is 11.4 Å². The third-order valence-corrected chi connectivity index (χ3v) is 3.12. The molecule has 2 aromatic rings. The van der Waals surface area contributed by atoms with Crippen LogP contribution in [0.3, 0.4) is 0 Å². The zero-order valence-corrected chi connectivity index (χ0v) is 12.0.